The zero-order valence-corrected chi connectivity index (χ0v) is 26.6. The second-order valence-corrected chi connectivity index (χ2v) is 15.3. The van der Waals surface area contributed by atoms with Crippen LogP contribution in [0, 0.1) is 10.8 Å². The van der Waals surface area contributed by atoms with Gasteiger partial charge >= 0.3 is 18.0 Å². The van der Waals surface area contributed by atoms with Gasteiger partial charge in [-0.05, 0) is 86.4 Å². The van der Waals surface area contributed by atoms with E-state index in [0.29, 0.717) is 11.1 Å². The molecule has 2 aromatic carbocycles. The fourth-order valence-corrected chi connectivity index (χ4v) is 5.37. The number of alkyl carbamates (subject to hydrolysis) is 1. The summed E-state index contributed by atoms with van der Waals surface area (Å²) in [7, 11) is -4.12. The van der Waals surface area contributed by atoms with Crippen LogP contribution in [0.15, 0.2) is 48.5 Å². The molecule has 1 amide bonds. The first-order valence-corrected chi connectivity index (χ1v) is 15.4. The molecule has 0 heterocycles. The van der Waals surface area contributed by atoms with E-state index in [9.17, 15) is 22.8 Å². The molecule has 42 heavy (non-hydrogen) atoms. The number of amides is 1. The normalized spacial score (nSPS) is 15.6. The minimum absolute atomic E-state index is 0.00754. The van der Waals surface area contributed by atoms with Crippen molar-refractivity contribution in [2.75, 3.05) is 5.88 Å². The number of ether oxygens (including phenoxy) is 3. The largest absolute Gasteiger partial charge is 0.444 e. The quantitative estimate of drug-likeness (QED) is 0.309. The number of carbonyl (C=O) groups excluding carboxylic acids is 3. The molecule has 0 aromatic heterocycles. The highest BCUT2D eigenvalue weighted by molar-refractivity contribution is 8.00. The smallest absolute Gasteiger partial charge is 0.408 e. The number of nitrogens with one attached hydrogen (secondary N) is 1. The van der Waals surface area contributed by atoms with Crippen molar-refractivity contribution in [3.63, 3.8) is 0 Å². The van der Waals surface area contributed by atoms with Gasteiger partial charge in [-0.3, -0.25) is 9.59 Å². The summed E-state index contributed by atoms with van der Waals surface area (Å²) in [4.78, 5) is 38.2. The summed E-state index contributed by atoms with van der Waals surface area (Å²) in [5, 5.41) is 2.34. The summed E-state index contributed by atoms with van der Waals surface area (Å²) in [6, 6.07) is 12.3. The molecule has 1 atom stereocenters. The summed E-state index contributed by atoms with van der Waals surface area (Å²) < 4.78 is 44.3. The molecule has 3 rings (SSSR count). The van der Waals surface area contributed by atoms with Crippen LogP contribution in [0.2, 0.25) is 0 Å². The molecule has 0 radical (unpaired) electrons. The van der Waals surface area contributed by atoms with Gasteiger partial charge in [0.25, 0.3) is 0 Å². The molecule has 0 saturated heterocycles. The molecule has 0 aliphatic heterocycles. The van der Waals surface area contributed by atoms with E-state index in [-0.39, 0.29) is 22.8 Å². The van der Waals surface area contributed by atoms with Gasteiger partial charge in [-0.1, -0.05) is 36.4 Å². The van der Waals surface area contributed by atoms with Crippen LogP contribution in [-0.4, -0.2) is 37.9 Å². The molecule has 0 saturated carbocycles. The first kappa shape index (κ1) is 32.8. The number of hydrogen-bond acceptors (Lipinski definition) is 8. The Hall–Kier alpha value is -3.66. The van der Waals surface area contributed by atoms with Crippen molar-refractivity contribution in [3.05, 3.63) is 65.2 Å². The van der Waals surface area contributed by atoms with Gasteiger partial charge in [0.15, 0.2) is 21.3 Å². The van der Waals surface area contributed by atoms with Crippen molar-refractivity contribution in [2.24, 2.45) is 10.8 Å². The van der Waals surface area contributed by atoms with Gasteiger partial charge < -0.3 is 19.5 Å². The van der Waals surface area contributed by atoms with E-state index < -0.39 is 56.1 Å². The highest BCUT2D eigenvalue weighted by Gasteiger charge is 2.36. The molecule has 1 aliphatic carbocycles. The van der Waals surface area contributed by atoms with E-state index >= 15 is 0 Å². The van der Waals surface area contributed by atoms with E-state index in [0.717, 1.165) is 5.56 Å². The van der Waals surface area contributed by atoms with Crippen LogP contribution in [-0.2, 0) is 30.6 Å². The van der Waals surface area contributed by atoms with Crippen LogP contribution < -0.4 is 14.8 Å². The highest BCUT2D eigenvalue weighted by atomic mass is 32.2. The molecule has 1 unspecified atom stereocenters. The Balaban J connectivity index is 2.19. The van der Waals surface area contributed by atoms with E-state index in [1.165, 1.54) is 12.1 Å². The molecular weight excluding hydrogens is 558 g/mol. The Labute approximate surface area is 248 Å². The standard InChI is InChI=1S/C32H41NO8S/c1-30(2,3)27(34)39-24-16-15-22-23(26(24)40-28(35)31(4,5)6)17-21(20-13-11-10-12-14-20)18-25(22)42(37,38)19-33-29(36)41-32(7,8)9/h10-16,18,21H,17,19H2,1-9H3,(H,33,36). The molecular formula is C32H41NO8S. The maximum absolute atomic E-state index is 13.8. The third-order valence-corrected chi connectivity index (χ3v) is 7.81. The second kappa shape index (κ2) is 11.9. The average molecular weight is 600 g/mol. The number of allylic oxidation sites excluding steroid dienone is 1. The molecule has 1 N–H and O–H groups in total. The van der Waals surface area contributed by atoms with Gasteiger partial charge in [0, 0.05) is 17.0 Å². The number of benzene rings is 2. The Bertz CT molecular complexity index is 1490. The lowest BCUT2D eigenvalue weighted by Crippen LogP contribution is -2.36. The SMILES string of the molecule is CC(C)(C)OC(=O)NCS(=O)(=O)C1=CC(c2ccccc2)Cc2c1ccc(OC(=O)C(C)(C)C)c2OC(=O)C(C)(C)C. The first-order valence-electron chi connectivity index (χ1n) is 13.8. The number of sulfone groups is 1. The van der Waals surface area contributed by atoms with Crippen molar-refractivity contribution in [2.45, 2.75) is 80.3 Å². The molecule has 0 bridgehead atoms. The van der Waals surface area contributed by atoms with Gasteiger partial charge in [0.1, 0.15) is 11.5 Å². The predicted molar refractivity (Wildman–Crippen MR) is 161 cm³/mol. The second-order valence-electron chi connectivity index (χ2n) is 13.4. The fourth-order valence-electron chi connectivity index (χ4n) is 4.01. The number of carbonyl (C=O) groups is 3. The van der Waals surface area contributed by atoms with E-state index in [4.69, 9.17) is 14.2 Å². The number of fused-ring (bicyclic) bond motifs is 1. The summed E-state index contributed by atoms with van der Waals surface area (Å²) in [5.74, 6) is -2.25. The lowest BCUT2D eigenvalue weighted by molar-refractivity contribution is -0.145. The maximum Gasteiger partial charge on any atom is 0.408 e. The lowest BCUT2D eigenvalue weighted by atomic mass is 9.84. The zero-order chi connectivity index (χ0) is 31.7. The van der Waals surface area contributed by atoms with Crippen molar-refractivity contribution in [1.29, 1.82) is 0 Å². The van der Waals surface area contributed by atoms with Crippen molar-refractivity contribution >= 4 is 32.8 Å². The number of esters is 2. The number of hydrogen-bond donors (Lipinski definition) is 1. The lowest BCUT2D eigenvalue weighted by Gasteiger charge is -2.29. The molecule has 0 fully saturated rings. The van der Waals surface area contributed by atoms with Gasteiger partial charge in [-0.15, -0.1) is 0 Å². The molecule has 2 aromatic rings. The van der Waals surface area contributed by atoms with Gasteiger partial charge in [-0.2, -0.15) is 0 Å². The zero-order valence-electron chi connectivity index (χ0n) is 25.8. The maximum atomic E-state index is 13.8. The molecule has 1 aliphatic rings. The Morgan fingerprint density at radius 2 is 1.40 bits per heavy atom. The topological polar surface area (TPSA) is 125 Å². The summed E-state index contributed by atoms with van der Waals surface area (Å²) in [5.41, 5.74) is -1.03. The Morgan fingerprint density at radius 3 is 1.95 bits per heavy atom. The van der Waals surface area contributed by atoms with Crippen molar-refractivity contribution in [3.8, 4) is 11.5 Å². The monoisotopic (exact) mass is 599 g/mol. The van der Waals surface area contributed by atoms with Crippen LogP contribution in [0.4, 0.5) is 4.79 Å². The Kier molecular flexibility index (Phi) is 9.32. The summed E-state index contributed by atoms with van der Waals surface area (Å²) in [6.07, 6.45) is 1.04. The number of rotatable bonds is 6. The van der Waals surface area contributed by atoms with Gasteiger partial charge in [0.05, 0.1) is 15.7 Å². The van der Waals surface area contributed by atoms with Crippen LogP contribution in [0.3, 0.4) is 0 Å². The highest BCUT2D eigenvalue weighted by Crippen LogP contribution is 2.46. The Morgan fingerprint density at radius 1 is 0.833 bits per heavy atom. The van der Waals surface area contributed by atoms with Crippen molar-refractivity contribution in [1.82, 2.24) is 5.32 Å². The van der Waals surface area contributed by atoms with Crippen LogP contribution in [0.1, 0.15) is 84.9 Å². The van der Waals surface area contributed by atoms with Crippen LogP contribution in [0.5, 0.6) is 11.5 Å². The minimum Gasteiger partial charge on any atom is -0.444 e. The van der Waals surface area contributed by atoms with Gasteiger partial charge in [0.2, 0.25) is 0 Å². The molecule has 9 nitrogen and oxygen atoms in total. The van der Waals surface area contributed by atoms with E-state index in [1.807, 2.05) is 30.3 Å². The third kappa shape index (κ3) is 8.21. The van der Waals surface area contributed by atoms with E-state index in [2.05, 4.69) is 5.32 Å². The van der Waals surface area contributed by atoms with Crippen LogP contribution >= 0.6 is 0 Å². The van der Waals surface area contributed by atoms with Crippen LogP contribution in [0.25, 0.3) is 4.91 Å². The first-order chi connectivity index (χ1) is 19.2. The van der Waals surface area contributed by atoms with Crippen molar-refractivity contribution < 1.29 is 37.0 Å². The molecule has 228 valence electrons. The molecule has 10 heteroatoms. The summed E-state index contributed by atoms with van der Waals surface area (Å²) >= 11 is 0. The minimum atomic E-state index is -4.12. The van der Waals surface area contributed by atoms with E-state index in [1.54, 1.807) is 68.4 Å². The average Bonchev–Trinajstić information content (AvgIpc) is 2.86. The van der Waals surface area contributed by atoms with Gasteiger partial charge in [-0.25, -0.2) is 13.2 Å². The fraction of sp³-hybridized carbons (Fsp3) is 0.469. The third-order valence-electron chi connectivity index (χ3n) is 6.26. The predicted octanol–water partition coefficient (Wildman–Crippen LogP) is 6.17. The molecule has 0 spiro atoms. The summed E-state index contributed by atoms with van der Waals surface area (Å²) in [6.45, 7) is 15.2.